The average Bonchev–Trinajstić information content (AvgIpc) is 2.44. The molecule has 4 aliphatic carbocycles. The van der Waals surface area contributed by atoms with Gasteiger partial charge in [-0.05, 0) is 67.4 Å². The fraction of sp³-hybridized carbons (Fsp3) is 0.667. The zero-order valence-corrected chi connectivity index (χ0v) is 12.1. The number of benzene rings is 1. The minimum atomic E-state index is 0.142. The molecule has 0 spiro atoms. The third-order valence-electron chi connectivity index (χ3n) is 5.91. The highest BCUT2D eigenvalue weighted by Crippen LogP contribution is 2.55. The van der Waals surface area contributed by atoms with Crippen molar-refractivity contribution in [2.75, 3.05) is 0 Å². The van der Waals surface area contributed by atoms with Gasteiger partial charge in [-0.15, -0.1) is 0 Å². The smallest absolute Gasteiger partial charge is 0.0681 e. The summed E-state index contributed by atoms with van der Waals surface area (Å²) in [5, 5.41) is 13.0. The van der Waals surface area contributed by atoms with Crippen LogP contribution in [0.3, 0.4) is 0 Å². The molecule has 4 aliphatic rings. The van der Waals surface area contributed by atoms with Crippen molar-refractivity contribution in [1.82, 2.24) is 5.32 Å². The van der Waals surface area contributed by atoms with Crippen LogP contribution in [0.5, 0.6) is 0 Å². The van der Waals surface area contributed by atoms with Gasteiger partial charge in [0.2, 0.25) is 0 Å². The van der Waals surface area contributed by atoms with Gasteiger partial charge >= 0.3 is 0 Å². The molecule has 1 aromatic carbocycles. The van der Waals surface area contributed by atoms with E-state index in [0.717, 1.165) is 29.9 Å². The van der Waals surface area contributed by atoms with Crippen LogP contribution in [0.1, 0.15) is 49.7 Å². The highest BCUT2D eigenvalue weighted by molar-refractivity contribution is 5.22. The number of hydrogen-bond acceptors (Lipinski definition) is 2. The predicted molar refractivity (Wildman–Crippen MR) is 80.1 cm³/mol. The Kier molecular flexibility index (Phi) is 3.12. The van der Waals surface area contributed by atoms with Crippen molar-refractivity contribution in [3.63, 3.8) is 0 Å². The Morgan fingerprint density at radius 3 is 1.90 bits per heavy atom. The van der Waals surface area contributed by atoms with Crippen molar-refractivity contribution < 1.29 is 5.11 Å². The summed E-state index contributed by atoms with van der Waals surface area (Å²) in [4.78, 5) is 0. The zero-order valence-electron chi connectivity index (χ0n) is 12.1. The lowest BCUT2D eigenvalue weighted by atomic mass is 9.53. The largest absolute Gasteiger partial charge is 0.392 e. The van der Waals surface area contributed by atoms with Crippen LogP contribution in [0.2, 0.25) is 0 Å². The van der Waals surface area contributed by atoms with Gasteiger partial charge in [0.15, 0.2) is 0 Å². The molecule has 5 rings (SSSR count). The van der Waals surface area contributed by atoms with Gasteiger partial charge in [-0.2, -0.15) is 0 Å². The number of aliphatic hydroxyl groups is 1. The maximum Gasteiger partial charge on any atom is 0.0681 e. The van der Waals surface area contributed by atoms with Crippen molar-refractivity contribution in [2.24, 2.45) is 17.8 Å². The molecule has 2 heteroatoms. The first-order chi connectivity index (χ1) is 9.75. The predicted octanol–water partition coefficient (Wildman–Crippen LogP) is 3.24. The summed E-state index contributed by atoms with van der Waals surface area (Å²) in [6.45, 7) is 1.13. The molecule has 2 N–H and O–H groups in total. The molecular formula is C18H25NO. The van der Waals surface area contributed by atoms with Crippen molar-refractivity contribution >= 4 is 0 Å². The second kappa shape index (κ2) is 4.85. The molecule has 0 atom stereocenters. The van der Waals surface area contributed by atoms with E-state index < -0.39 is 0 Å². The second-order valence-corrected chi connectivity index (χ2v) is 7.53. The van der Waals surface area contributed by atoms with E-state index in [-0.39, 0.29) is 6.61 Å². The zero-order chi connectivity index (χ0) is 13.6. The average molecular weight is 271 g/mol. The van der Waals surface area contributed by atoms with E-state index in [9.17, 15) is 0 Å². The van der Waals surface area contributed by atoms with Gasteiger partial charge in [0.1, 0.15) is 0 Å². The molecule has 0 aliphatic heterocycles. The lowest BCUT2D eigenvalue weighted by Crippen LogP contribution is -2.58. The Morgan fingerprint density at radius 1 is 0.900 bits per heavy atom. The summed E-state index contributed by atoms with van der Waals surface area (Å²) in [5.74, 6) is 3.02. The molecule has 0 saturated heterocycles. The molecule has 0 aromatic heterocycles. The van der Waals surface area contributed by atoms with Crippen LogP contribution in [0.15, 0.2) is 24.3 Å². The highest BCUT2D eigenvalue weighted by Gasteiger charge is 2.50. The molecule has 20 heavy (non-hydrogen) atoms. The van der Waals surface area contributed by atoms with Gasteiger partial charge in [-0.3, -0.25) is 0 Å². The topological polar surface area (TPSA) is 32.3 Å². The molecule has 0 radical (unpaired) electrons. The SMILES string of the molecule is OCc1ccc(CNC23CC4CC(CC(C4)C2)C3)cc1. The number of hydrogen-bond donors (Lipinski definition) is 2. The van der Waals surface area contributed by atoms with Crippen molar-refractivity contribution in [1.29, 1.82) is 0 Å². The minimum Gasteiger partial charge on any atom is -0.392 e. The summed E-state index contributed by atoms with van der Waals surface area (Å²) < 4.78 is 0. The van der Waals surface area contributed by atoms with E-state index in [2.05, 4.69) is 17.4 Å². The Hall–Kier alpha value is -0.860. The van der Waals surface area contributed by atoms with Crippen LogP contribution in [0.25, 0.3) is 0 Å². The normalized spacial score (nSPS) is 38.4. The molecular weight excluding hydrogens is 246 g/mol. The van der Waals surface area contributed by atoms with Crippen LogP contribution < -0.4 is 5.32 Å². The Bertz CT molecular complexity index is 443. The molecule has 4 fully saturated rings. The maximum atomic E-state index is 9.10. The minimum absolute atomic E-state index is 0.142. The van der Waals surface area contributed by atoms with Crippen molar-refractivity contribution in [2.45, 2.75) is 57.2 Å². The monoisotopic (exact) mass is 271 g/mol. The molecule has 0 unspecified atom stereocenters. The van der Waals surface area contributed by atoms with Crippen LogP contribution in [0, 0.1) is 17.8 Å². The van der Waals surface area contributed by atoms with E-state index in [1.54, 1.807) is 0 Å². The van der Waals surface area contributed by atoms with Gasteiger partial charge in [-0.25, -0.2) is 0 Å². The lowest BCUT2D eigenvalue weighted by Gasteiger charge is -2.57. The van der Waals surface area contributed by atoms with E-state index in [1.807, 2.05) is 12.1 Å². The molecule has 2 nitrogen and oxygen atoms in total. The number of rotatable bonds is 4. The third-order valence-corrected chi connectivity index (χ3v) is 5.91. The fourth-order valence-corrected chi connectivity index (χ4v) is 5.38. The van der Waals surface area contributed by atoms with Gasteiger partial charge < -0.3 is 10.4 Å². The second-order valence-electron chi connectivity index (χ2n) is 7.53. The summed E-state index contributed by atoms with van der Waals surface area (Å²) in [7, 11) is 0. The number of aliphatic hydroxyl groups excluding tert-OH is 1. The van der Waals surface area contributed by atoms with Gasteiger partial charge in [-0.1, -0.05) is 24.3 Å². The van der Waals surface area contributed by atoms with E-state index in [1.165, 1.54) is 44.1 Å². The fourth-order valence-electron chi connectivity index (χ4n) is 5.38. The van der Waals surface area contributed by atoms with E-state index in [0.29, 0.717) is 5.54 Å². The summed E-state index contributed by atoms with van der Waals surface area (Å²) in [6.07, 6.45) is 8.75. The van der Waals surface area contributed by atoms with E-state index >= 15 is 0 Å². The van der Waals surface area contributed by atoms with Crippen LogP contribution >= 0.6 is 0 Å². The Morgan fingerprint density at radius 2 is 1.40 bits per heavy atom. The quantitative estimate of drug-likeness (QED) is 0.881. The molecule has 4 bridgehead atoms. The molecule has 108 valence electrons. The summed E-state index contributed by atoms with van der Waals surface area (Å²) in [6, 6.07) is 8.38. The molecule has 0 heterocycles. The third kappa shape index (κ3) is 2.29. The lowest BCUT2D eigenvalue weighted by molar-refractivity contribution is -0.0206. The first kappa shape index (κ1) is 12.8. The Labute approximate surface area is 121 Å². The van der Waals surface area contributed by atoms with Gasteiger partial charge in [0, 0.05) is 12.1 Å². The maximum absolute atomic E-state index is 9.10. The first-order valence-electron chi connectivity index (χ1n) is 8.18. The first-order valence-corrected chi connectivity index (χ1v) is 8.18. The van der Waals surface area contributed by atoms with Crippen LogP contribution in [-0.2, 0) is 13.2 Å². The Balaban J connectivity index is 1.43. The van der Waals surface area contributed by atoms with Crippen molar-refractivity contribution in [3.8, 4) is 0 Å². The van der Waals surface area contributed by atoms with Crippen LogP contribution in [0.4, 0.5) is 0 Å². The highest BCUT2D eigenvalue weighted by atomic mass is 16.3. The van der Waals surface area contributed by atoms with Gasteiger partial charge in [0.25, 0.3) is 0 Å². The number of nitrogens with one attached hydrogen (secondary N) is 1. The molecule has 0 amide bonds. The van der Waals surface area contributed by atoms with Gasteiger partial charge in [0.05, 0.1) is 6.61 Å². The summed E-state index contributed by atoms with van der Waals surface area (Å²) in [5.41, 5.74) is 2.80. The summed E-state index contributed by atoms with van der Waals surface area (Å²) >= 11 is 0. The van der Waals surface area contributed by atoms with E-state index in [4.69, 9.17) is 5.11 Å². The van der Waals surface area contributed by atoms with Crippen molar-refractivity contribution in [3.05, 3.63) is 35.4 Å². The molecule has 4 saturated carbocycles. The molecule has 1 aromatic rings. The standard InChI is InChI=1S/C18H25NO/c20-12-14-3-1-13(2-4-14)11-19-18-8-15-5-16(9-18)7-17(6-15)10-18/h1-4,15-17,19-20H,5-12H2. The van der Waals surface area contributed by atoms with Crippen LogP contribution in [-0.4, -0.2) is 10.6 Å².